The van der Waals surface area contributed by atoms with Gasteiger partial charge in [0.2, 0.25) is 0 Å². The second-order valence-corrected chi connectivity index (χ2v) is 6.09. The van der Waals surface area contributed by atoms with Crippen molar-refractivity contribution in [3.05, 3.63) is 35.4 Å². The maximum Gasteiger partial charge on any atom is 0.129 e. The van der Waals surface area contributed by atoms with E-state index < -0.39 is 11.6 Å². The summed E-state index contributed by atoms with van der Waals surface area (Å²) < 4.78 is 26.7. The van der Waals surface area contributed by atoms with Crippen LogP contribution in [0.3, 0.4) is 0 Å². The summed E-state index contributed by atoms with van der Waals surface area (Å²) in [4.78, 5) is 0. The van der Waals surface area contributed by atoms with Gasteiger partial charge in [-0.05, 0) is 61.6 Å². The maximum atomic E-state index is 13.8. The van der Waals surface area contributed by atoms with Gasteiger partial charge >= 0.3 is 0 Å². The van der Waals surface area contributed by atoms with Crippen LogP contribution in [0.1, 0.15) is 31.7 Å². The highest BCUT2D eigenvalue weighted by molar-refractivity contribution is 5.20. The number of rotatable bonds is 5. The quantitative estimate of drug-likeness (QED) is 0.858. The lowest BCUT2D eigenvalue weighted by Crippen LogP contribution is -2.37. The van der Waals surface area contributed by atoms with Crippen LogP contribution in [0.15, 0.2) is 18.2 Å². The molecule has 0 bridgehead atoms. The van der Waals surface area contributed by atoms with E-state index in [-0.39, 0.29) is 0 Å². The zero-order valence-corrected chi connectivity index (χ0v) is 11.3. The fraction of sp³-hybridized carbons (Fsp3) is 0.625. The molecule has 0 radical (unpaired) electrons. The molecule has 2 aliphatic rings. The SMILES string of the molecule is CCNC(Cc1ccc(F)cc1F)C1CC2CC2C1. The van der Waals surface area contributed by atoms with Gasteiger partial charge in [-0.25, -0.2) is 8.78 Å². The van der Waals surface area contributed by atoms with Crippen LogP contribution in [-0.4, -0.2) is 12.6 Å². The lowest BCUT2D eigenvalue weighted by Gasteiger charge is -2.26. The molecule has 3 heteroatoms. The van der Waals surface area contributed by atoms with Crippen LogP contribution >= 0.6 is 0 Å². The van der Waals surface area contributed by atoms with E-state index in [1.165, 1.54) is 25.3 Å². The molecule has 0 heterocycles. The van der Waals surface area contributed by atoms with Gasteiger partial charge in [-0.1, -0.05) is 13.0 Å². The molecular weight excluding hydrogens is 244 g/mol. The van der Waals surface area contributed by atoms with Crippen LogP contribution in [0, 0.1) is 29.4 Å². The van der Waals surface area contributed by atoms with Gasteiger partial charge in [-0.2, -0.15) is 0 Å². The Balaban J connectivity index is 1.69. The Morgan fingerprint density at radius 1 is 1.21 bits per heavy atom. The summed E-state index contributed by atoms with van der Waals surface area (Å²) in [6, 6.07) is 4.26. The summed E-state index contributed by atoms with van der Waals surface area (Å²) in [7, 11) is 0. The predicted octanol–water partition coefficient (Wildman–Crippen LogP) is 3.53. The monoisotopic (exact) mass is 265 g/mol. The number of nitrogens with one attached hydrogen (secondary N) is 1. The normalized spacial score (nSPS) is 30.2. The Kier molecular flexibility index (Phi) is 3.57. The molecule has 2 fully saturated rings. The van der Waals surface area contributed by atoms with Crippen molar-refractivity contribution in [2.45, 2.75) is 38.6 Å². The molecule has 1 aromatic rings. The highest BCUT2D eigenvalue weighted by atomic mass is 19.1. The van der Waals surface area contributed by atoms with Crippen molar-refractivity contribution in [2.75, 3.05) is 6.54 Å². The molecular formula is C16H21F2N. The Morgan fingerprint density at radius 2 is 1.95 bits per heavy atom. The molecule has 0 saturated heterocycles. The largest absolute Gasteiger partial charge is 0.314 e. The molecule has 0 aliphatic heterocycles. The summed E-state index contributed by atoms with van der Waals surface area (Å²) in [6.07, 6.45) is 4.64. The molecule has 104 valence electrons. The van der Waals surface area contributed by atoms with Gasteiger partial charge in [-0.3, -0.25) is 0 Å². The van der Waals surface area contributed by atoms with E-state index in [2.05, 4.69) is 12.2 Å². The van der Waals surface area contributed by atoms with Crippen LogP contribution in [0.4, 0.5) is 8.78 Å². The molecule has 1 N–H and O–H groups in total. The van der Waals surface area contributed by atoms with Gasteiger partial charge < -0.3 is 5.32 Å². The van der Waals surface area contributed by atoms with E-state index >= 15 is 0 Å². The van der Waals surface area contributed by atoms with E-state index in [1.807, 2.05) is 0 Å². The highest BCUT2D eigenvalue weighted by Crippen LogP contribution is 2.55. The zero-order valence-electron chi connectivity index (χ0n) is 11.3. The first-order valence-electron chi connectivity index (χ1n) is 7.34. The molecule has 3 unspecified atom stereocenters. The molecule has 3 rings (SSSR count). The number of likely N-dealkylation sites (N-methyl/N-ethyl adjacent to an activating group) is 1. The van der Waals surface area contributed by atoms with E-state index in [4.69, 9.17) is 0 Å². The summed E-state index contributed by atoms with van der Waals surface area (Å²) in [5, 5.41) is 3.50. The molecule has 19 heavy (non-hydrogen) atoms. The van der Waals surface area contributed by atoms with Gasteiger partial charge in [0.05, 0.1) is 0 Å². The summed E-state index contributed by atoms with van der Waals surface area (Å²) in [5.74, 6) is 1.62. The van der Waals surface area contributed by atoms with Crippen molar-refractivity contribution in [2.24, 2.45) is 17.8 Å². The van der Waals surface area contributed by atoms with Crippen molar-refractivity contribution in [1.82, 2.24) is 5.32 Å². The Bertz CT molecular complexity index is 450. The Labute approximate surface area is 113 Å². The Hall–Kier alpha value is -0.960. The highest BCUT2D eigenvalue weighted by Gasteiger charge is 2.47. The maximum absolute atomic E-state index is 13.8. The molecule has 0 aromatic heterocycles. The summed E-state index contributed by atoms with van der Waals surface area (Å²) in [6.45, 7) is 2.99. The fourth-order valence-electron chi connectivity index (χ4n) is 3.68. The van der Waals surface area contributed by atoms with E-state index in [0.717, 1.165) is 24.4 Å². The molecule has 1 aromatic carbocycles. The van der Waals surface area contributed by atoms with Crippen molar-refractivity contribution in [3.8, 4) is 0 Å². The minimum absolute atomic E-state index is 0.331. The van der Waals surface area contributed by atoms with Gasteiger partial charge in [0.25, 0.3) is 0 Å². The van der Waals surface area contributed by atoms with Crippen LogP contribution in [0.2, 0.25) is 0 Å². The van der Waals surface area contributed by atoms with E-state index in [9.17, 15) is 8.78 Å². The minimum Gasteiger partial charge on any atom is -0.314 e. The van der Waals surface area contributed by atoms with E-state index in [0.29, 0.717) is 23.9 Å². The number of benzene rings is 1. The summed E-state index contributed by atoms with van der Waals surface area (Å²) >= 11 is 0. The van der Waals surface area contributed by atoms with Crippen LogP contribution in [0.25, 0.3) is 0 Å². The topological polar surface area (TPSA) is 12.0 Å². The number of hydrogen-bond donors (Lipinski definition) is 1. The third-order valence-electron chi connectivity index (χ3n) is 4.77. The minimum atomic E-state index is -0.497. The van der Waals surface area contributed by atoms with Gasteiger partial charge in [0.15, 0.2) is 0 Å². The van der Waals surface area contributed by atoms with Gasteiger partial charge in [-0.15, -0.1) is 0 Å². The van der Waals surface area contributed by atoms with Gasteiger partial charge in [0.1, 0.15) is 11.6 Å². The first-order chi connectivity index (χ1) is 9.17. The molecule has 0 spiro atoms. The molecule has 0 amide bonds. The Morgan fingerprint density at radius 3 is 2.58 bits per heavy atom. The van der Waals surface area contributed by atoms with Crippen LogP contribution < -0.4 is 5.32 Å². The fourth-order valence-corrected chi connectivity index (χ4v) is 3.68. The average molecular weight is 265 g/mol. The number of halogens is 2. The van der Waals surface area contributed by atoms with Gasteiger partial charge in [0, 0.05) is 12.1 Å². The molecule has 3 atom stereocenters. The second-order valence-electron chi connectivity index (χ2n) is 6.09. The first-order valence-corrected chi connectivity index (χ1v) is 7.34. The third kappa shape index (κ3) is 2.81. The van der Waals surface area contributed by atoms with E-state index in [1.54, 1.807) is 6.07 Å². The molecule has 2 saturated carbocycles. The average Bonchev–Trinajstić information content (AvgIpc) is 2.98. The first kappa shape index (κ1) is 13.0. The van der Waals surface area contributed by atoms with Crippen molar-refractivity contribution >= 4 is 0 Å². The van der Waals surface area contributed by atoms with Crippen LogP contribution in [0.5, 0.6) is 0 Å². The molecule has 2 aliphatic carbocycles. The lowest BCUT2D eigenvalue weighted by molar-refractivity contribution is 0.334. The predicted molar refractivity (Wildman–Crippen MR) is 71.8 cm³/mol. The number of hydrogen-bond acceptors (Lipinski definition) is 1. The van der Waals surface area contributed by atoms with Crippen molar-refractivity contribution in [3.63, 3.8) is 0 Å². The van der Waals surface area contributed by atoms with Crippen molar-refractivity contribution in [1.29, 1.82) is 0 Å². The third-order valence-corrected chi connectivity index (χ3v) is 4.77. The van der Waals surface area contributed by atoms with Crippen molar-refractivity contribution < 1.29 is 8.78 Å². The zero-order chi connectivity index (χ0) is 13.4. The molecule has 1 nitrogen and oxygen atoms in total. The number of fused-ring (bicyclic) bond motifs is 1. The smallest absolute Gasteiger partial charge is 0.129 e. The lowest BCUT2D eigenvalue weighted by atomic mass is 9.89. The second kappa shape index (κ2) is 5.20. The van der Waals surface area contributed by atoms with Crippen LogP contribution in [-0.2, 0) is 6.42 Å². The standard InChI is InChI=1S/C16H21F2N/c1-2-19-16(13-6-11-5-12(11)7-13)8-10-3-4-14(17)9-15(10)18/h3-4,9,11-13,16,19H,2,5-8H2,1H3. The summed E-state index contributed by atoms with van der Waals surface area (Å²) in [5.41, 5.74) is 0.632.